The van der Waals surface area contributed by atoms with Gasteiger partial charge in [-0.3, -0.25) is 4.79 Å². The molecule has 1 aromatic carbocycles. The molecule has 3 aromatic rings. The molecular formula is C19H19Cl2N5O. The fourth-order valence-electron chi connectivity index (χ4n) is 3.02. The van der Waals surface area contributed by atoms with Crippen molar-refractivity contribution in [2.24, 2.45) is 5.92 Å². The van der Waals surface area contributed by atoms with Crippen LogP contribution in [0.1, 0.15) is 18.4 Å². The van der Waals surface area contributed by atoms with Gasteiger partial charge < -0.3 is 15.2 Å². The normalized spacial score (nSPS) is 14.1. The highest BCUT2D eigenvalue weighted by Gasteiger charge is 2.30. The van der Waals surface area contributed by atoms with Crippen LogP contribution in [0.2, 0.25) is 10.0 Å². The van der Waals surface area contributed by atoms with Gasteiger partial charge in [0, 0.05) is 18.7 Å². The molecule has 0 bridgehead atoms. The SMILES string of the molecule is CN(C)Cc1cc(Cl)c(-c2nc3c(NC(=O)C4CC4)nccc3[nH]2)c(Cl)c1. The van der Waals surface area contributed by atoms with Gasteiger partial charge in [-0.25, -0.2) is 9.97 Å². The Morgan fingerprint density at radius 3 is 2.63 bits per heavy atom. The van der Waals surface area contributed by atoms with E-state index in [1.807, 2.05) is 31.1 Å². The van der Waals surface area contributed by atoms with E-state index in [2.05, 4.69) is 20.3 Å². The number of aromatic amines is 1. The second-order valence-corrected chi connectivity index (χ2v) is 7.89. The molecule has 27 heavy (non-hydrogen) atoms. The fourth-order valence-corrected chi connectivity index (χ4v) is 3.73. The van der Waals surface area contributed by atoms with Crippen LogP contribution in [0.5, 0.6) is 0 Å². The van der Waals surface area contributed by atoms with Gasteiger partial charge in [0.2, 0.25) is 5.91 Å². The van der Waals surface area contributed by atoms with Gasteiger partial charge in [-0.1, -0.05) is 23.2 Å². The Morgan fingerprint density at radius 1 is 1.30 bits per heavy atom. The number of benzene rings is 1. The summed E-state index contributed by atoms with van der Waals surface area (Å²) in [6, 6.07) is 5.59. The zero-order chi connectivity index (χ0) is 19.1. The number of H-pyrrole nitrogens is 1. The number of amides is 1. The number of imidazole rings is 1. The monoisotopic (exact) mass is 403 g/mol. The minimum Gasteiger partial charge on any atom is -0.338 e. The summed E-state index contributed by atoms with van der Waals surface area (Å²) in [4.78, 5) is 26.3. The maximum atomic E-state index is 12.1. The minimum absolute atomic E-state index is 0.0105. The highest BCUT2D eigenvalue weighted by molar-refractivity contribution is 6.39. The van der Waals surface area contributed by atoms with Crippen molar-refractivity contribution in [2.75, 3.05) is 19.4 Å². The van der Waals surface area contributed by atoms with Gasteiger partial charge in [0.25, 0.3) is 0 Å². The molecule has 1 aliphatic carbocycles. The van der Waals surface area contributed by atoms with E-state index >= 15 is 0 Å². The smallest absolute Gasteiger partial charge is 0.228 e. The van der Waals surface area contributed by atoms with E-state index in [0.29, 0.717) is 32.8 Å². The molecule has 2 heterocycles. The molecule has 0 unspecified atom stereocenters. The molecule has 0 aliphatic heterocycles. The molecule has 0 spiro atoms. The van der Waals surface area contributed by atoms with E-state index in [-0.39, 0.29) is 11.8 Å². The van der Waals surface area contributed by atoms with Gasteiger partial charge in [-0.2, -0.15) is 0 Å². The average molecular weight is 404 g/mol. The highest BCUT2D eigenvalue weighted by Crippen LogP contribution is 2.36. The number of fused-ring (bicyclic) bond motifs is 1. The molecule has 6 nitrogen and oxygen atoms in total. The first-order valence-corrected chi connectivity index (χ1v) is 9.46. The Labute approximate surface area is 166 Å². The van der Waals surface area contributed by atoms with E-state index in [9.17, 15) is 4.79 Å². The summed E-state index contributed by atoms with van der Waals surface area (Å²) in [5.74, 6) is 1.08. The number of nitrogens with one attached hydrogen (secondary N) is 2. The lowest BCUT2D eigenvalue weighted by atomic mass is 10.1. The van der Waals surface area contributed by atoms with Crippen molar-refractivity contribution in [3.05, 3.63) is 40.0 Å². The molecule has 0 saturated heterocycles. The molecule has 140 valence electrons. The summed E-state index contributed by atoms with van der Waals surface area (Å²) in [5, 5.41) is 3.91. The Bertz CT molecular complexity index is 1000. The molecule has 2 aromatic heterocycles. The van der Waals surface area contributed by atoms with Crippen LogP contribution in [-0.2, 0) is 11.3 Å². The molecule has 1 amide bonds. The second kappa shape index (κ2) is 7.11. The molecule has 2 N–H and O–H groups in total. The van der Waals surface area contributed by atoms with Crippen molar-refractivity contribution in [1.29, 1.82) is 0 Å². The number of hydrogen-bond donors (Lipinski definition) is 2. The first-order valence-electron chi connectivity index (χ1n) is 8.71. The quantitative estimate of drug-likeness (QED) is 0.664. The van der Waals surface area contributed by atoms with E-state index in [4.69, 9.17) is 23.2 Å². The lowest BCUT2D eigenvalue weighted by Gasteiger charge is -2.12. The topological polar surface area (TPSA) is 73.9 Å². The maximum absolute atomic E-state index is 12.1. The minimum atomic E-state index is -0.0105. The van der Waals surface area contributed by atoms with E-state index in [1.54, 1.807) is 12.3 Å². The summed E-state index contributed by atoms with van der Waals surface area (Å²) < 4.78 is 0. The largest absolute Gasteiger partial charge is 0.338 e. The van der Waals surface area contributed by atoms with Crippen LogP contribution in [0.25, 0.3) is 22.4 Å². The number of rotatable bonds is 5. The molecule has 1 saturated carbocycles. The van der Waals surface area contributed by atoms with Crippen LogP contribution in [0, 0.1) is 5.92 Å². The Kier molecular flexibility index (Phi) is 4.80. The van der Waals surface area contributed by atoms with E-state index in [0.717, 1.165) is 30.5 Å². The third-order valence-electron chi connectivity index (χ3n) is 4.43. The summed E-state index contributed by atoms with van der Waals surface area (Å²) in [7, 11) is 3.97. The van der Waals surface area contributed by atoms with E-state index in [1.165, 1.54) is 0 Å². The standard InChI is InChI=1S/C19H19Cl2N5O/c1-26(2)9-10-7-12(20)15(13(21)8-10)17-23-14-5-6-22-18(16(14)24-17)25-19(27)11-3-4-11/h5-8,11H,3-4,9H2,1-2H3,(H,23,24)(H,22,25,27). The number of anilines is 1. The van der Waals surface area contributed by atoms with Crippen molar-refractivity contribution in [3.63, 3.8) is 0 Å². The number of pyridine rings is 1. The predicted octanol–water partition coefficient (Wildman–Crippen LogP) is 4.34. The zero-order valence-corrected chi connectivity index (χ0v) is 16.5. The Hall–Kier alpha value is -2.15. The third kappa shape index (κ3) is 3.78. The van der Waals surface area contributed by atoms with Gasteiger partial charge in [-0.15, -0.1) is 0 Å². The van der Waals surface area contributed by atoms with Crippen LogP contribution in [-0.4, -0.2) is 39.9 Å². The number of carbonyl (C=O) groups excluding carboxylic acids is 1. The van der Waals surface area contributed by atoms with Crippen molar-refractivity contribution < 1.29 is 4.79 Å². The first kappa shape index (κ1) is 18.2. The van der Waals surface area contributed by atoms with Crippen LogP contribution < -0.4 is 5.32 Å². The van der Waals surface area contributed by atoms with Gasteiger partial charge in [-0.05, 0) is 50.7 Å². The molecule has 0 radical (unpaired) electrons. The number of hydrogen-bond acceptors (Lipinski definition) is 4. The molecule has 4 rings (SSSR count). The van der Waals surface area contributed by atoms with Crippen molar-refractivity contribution in [2.45, 2.75) is 19.4 Å². The van der Waals surface area contributed by atoms with Gasteiger partial charge >= 0.3 is 0 Å². The number of halogens is 2. The molecule has 1 fully saturated rings. The van der Waals surface area contributed by atoms with Crippen LogP contribution >= 0.6 is 23.2 Å². The molecular weight excluding hydrogens is 385 g/mol. The molecule has 0 atom stereocenters. The second-order valence-electron chi connectivity index (χ2n) is 7.08. The van der Waals surface area contributed by atoms with Crippen LogP contribution in [0.3, 0.4) is 0 Å². The van der Waals surface area contributed by atoms with Crippen molar-refractivity contribution in [3.8, 4) is 11.4 Å². The molecule has 1 aliphatic rings. The lowest BCUT2D eigenvalue weighted by molar-refractivity contribution is -0.117. The zero-order valence-electron chi connectivity index (χ0n) is 15.0. The highest BCUT2D eigenvalue weighted by atomic mass is 35.5. The van der Waals surface area contributed by atoms with Gasteiger partial charge in [0.15, 0.2) is 5.82 Å². The van der Waals surface area contributed by atoms with Gasteiger partial charge in [0.1, 0.15) is 11.3 Å². The fraction of sp³-hybridized carbons (Fsp3) is 0.316. The summed E-state index contributed by atoms with van der Waals surface area (Å²) in [5.41, 5.74) is 3.01. The number of aromatic nitrogens is 3. The summed E-state index contributed by atoms with van der Waals surface area (Å²) in [6.45, 7) is 0.737. The first-order chi connectivity index (χ1) is 12.9. The summed E-state index contributed by atoms with van der Waals surface area (Å²) in [6.07, 6.45) is 3.49. The van der Waals surface area contributed by atoms with Crippen molar-refractivity contribution >= 4 is 46.0 Å². The summed E-state index contributed by atoms with van der Waals surface area (Å²) >= 11 is 13.0. The predicted molar refractivity (Wildman–Crippen MR) is 108 cm³/mol. The third-order valence-corrected chi connectivity index (χ3v) is 5.02. The average Bonchev–Trinajstić information content (AvgIpc) is 3.34. The Morgan fingerprint density at radius 2 is 2.00 bits per heavy atom. The lowest BCUT2D eigenvalue weighted by Crippen LogP contribution is -2.14. The van der Waals surface area contributed by atoms with Crippen LogP contribution in [0.15, 0.2) is 24.4 Å². The number of nitrogens with zero attached hydrogens (tertiary/aromatic N) is 3. The maximum Gasteiger partial charge on any atom is 0.228 e. The van der Waals surface area contributed by atoms with Gasteiger partial charge in [0.05, 0.1) is 21.1 Å². The number of carbonyl (C=O) groups is 1. The van der Waals surface area contributed by atoms with Crippen molar-refractivity contribution in [1.82, 2.24) is 19.9 Å². The Balaban J connectivity index is 1.73. The van der Waals surface area contributed by atoms with Crippen LogP contribution in [0.4, 0.5) is 5.82 Å². The van der Waals surface area contributed by atoms with E-state index < -0.39 is 0 Å². The molecule has 8 heteroatoms.